The number of anilines is 2. The zero-order valence-corrected chi connectivity index (χ0v) is 24.1. The molecule has 0 spiro atoms. The summed E-state index contributed by atoms with van der Waals surface area (Å²) in [5.74, 6) is -0.948. The van der Waals surface area contributed by atoms with Crippen LogP contribution in [0.3, 0.4) is 0 Å². The molecule has 1 aliphatic heterocycles. The van der Waals surface area contributed by atoms with Crippen molar-refractivity contribution in [1.29, 1.82) is 0 Å². The molecule has 5 rings (SSSR count). The van der Waals surface area contributed by atoms with Gasteiger partial charge in [-0.15, -0.1) is 37.2 Å². The summed E-state index contributed by atoms with van der Waals surface area (Å²) in [6.07, 6.45) is 0. The standard InChI is InChI=1S/C29H27FN4O3.3ClH/c1-19-6-8-20(9-7-19)28(35)31-22-10-11-26-23(16-22)24(29(36)37)17-27(32-26)34-14-12-33(13-15-34)18-21-4-2-3-5-25(21)30;;;/h2-11,16-17H,12-15,18H2,1H3,(H,31,35)(H,36,37);3*1H. The van der Waals surface area contributed by atoms with Crippen LogP contribution in [0, 0.1) is 12.7 Å². The lowest BCUT2D eigenvalue weighted by atomic mass is 10.1. The predicted octanol–water partition coefficient (Wildman–Crippen LogP) is 6.22. The molecule has 0 aliphatic carbocycles. The number of carbonyl (C=O) groups excluding carboxylic acids is 1. The number of pyridine rings is 1. The summed E-state index contributed by atoms with van der Waals surface area (Å²) in [6.45, 7) is 5.20. The molecule has 2 heterocycles. The Hall–Kier alpha value is -3.43. The lowest BCUT2D eigenvalue weighted by Gasteiger charge is -2.35. The van der Waals surface area contributed by atoms with Gasteiger partial charge in [0.05, 0.1) is 11.1 Å². The lowest BCUT2D eigenvalue weighted by Crippen LogP contribution is -2.46. The van der Waals surface area contributed by atoms with Crippen LogP contribution in [0.15, 0.2) is 72.8 Å². The Labute approximate surface area is 250 Å². The van der Waals surface area contributed by atoms with Gasteiger partial charge in [0.1, 0.15) is 11.6 Å². The number of fused-ring (bicyclic) bond motifs is 1. The molecule has 4 aromatic rings. The van der Waals surface area contributed by atoms with Gasteiger partial charge in [-0.05, 0) is 49.4 Å². The van der Waals surface area contributed by atoms with Crippen molar-refractivity contribution in [3.63, 3.8) is 0 Å². The highest BCUT2D eigenvalue weighted by Gasteiger charge is 2.22. The first-order valence-electron chi connectivity index (χ1n) is 12.1. The molecular formula is C29H30Cl3FN4O3. The van der Waals surface area contributed by atoms with Crippen molar-refractivity contribution < 1.29 is 19.1 Å². The van der Waals surface area contributed by atoms with E-state index in [0.717, 1.165) is 5.56 Å². The topological polar surface area (TPSA) is 85.8 Å². The van der Waals surface area contributed by atoms with E-state index >= 15 is 0 Å². The van der Waals surface area contributed by atoms with Crippen LogP contribution in [-0.2, 0) is 6.54 Å². The van der Waals surface area contributed by atoms with Crippen LogP contribution < -0.4 is 10.2 Å². The van der Waals surface area contributed by atoms with Gasteiger partial charge in [0, 0.05) is 54.9 Å². The summed E-state index contributed by atoms with van der Waals surface area (Å²) in [5.41, 5.74) is 3.40. The number of nitrogens with one attached hydrogen (secondary N) is 1. The van der Waals surface area contributed by atoms with E-state index in [-0.39, 0.29) is 54.5 Å². The molecule has 1 aromatic heterocycles. The minimum Gasteiger partial charge on any atom is -0.478 e. The first-order chi connectivity index (χ1) is 17.9. The van der Waals surface area contributed by atoms with Gasteiger partial charge in [0.15, 0.2) is 0 Å². The number of aromatic nitrogens is 1. The number of hydrogen-bond donors (Lipinski definition) is 2. The quantitative estimate of drug-likeness (QED) is 0.271. The molecule has 0 radical (unpaired) electrons. The fourth-order valence-corrected chi connectivity index (χ4v) is 4.54. The molecule has 0 unspecified atom stereocenters. The summed E-state index contributed by atoms with van der Waals surface area (Å²) in [5, 5.41) is 13.2. The van der Waals surface area contributed by atoms with Gasteiger partial charge in [-0.1, -0.05) is 35.9 Å². The number of nitrogens with zero attached hydrogens (tertiary/aromatic N) is 3. The number of carboxylic acids is 1. The highest BCUT2D eigenvalue weighted by atomic mass is 35.5. The third-order valence-corrected chi connectivity index (χ3v) is 6.65. The number of halogens is 4. The molecule has 0 saturated carbocycles. The van der Waals surface area contributed by atoms with E-state index in [9.17, 15) is 19.1 Å². The zero-order valence-electron chi connectivity index (χ0n) is 21.7. The van der Waals surface area contributed by atoms with E-state index in [1.165, 1.54) is 6.07 Å². The number of carboxylic acid groups (broad SMARTS) is 1. The summed E-state index contributed by atoms with van der Waals surface area (Å²) in [7, 11) is 0. The van der Waals surface area contributed by atoms with Crippen molar-refractivity contribution >= 4 is 71.5 Å². The molecule has 7 nitrogen and oxygen atoms in total. The van der Waals surface area contributed by atoms with Crippen molar-refractivity contribution in [2.75, 3.05) is 36.4 Å². The van der Waals surface area contributed by atoms with E-state index < -0.39 is 5.97 Å². The molecule has 1 amide bonds. The molecule has 212 valence electrons. The van der Waals surface area contributed by atoms with Crippen LogP contribution in [0.4, 0.5) is 15.9 Å². The van der Waals surface area contributed by atoms with Gasteiger partial charge >= 0.3 is 5.97 Å². The molecule has 11 heteroatoms. The number of piperazine rings is 1. The van der Waals surface area contributed by atoms with Crippen molar-refractivity contribution in [3.05, 3.63) is 101 Å². The second-order valence-electron chi connectivity index (χ2n) is 9.24. The molecule has 1 saturated heterocycles. The van der Waals surface area contributed by atoms with Gasteiger partial charge in [-0.3, -0.25) is 9.69 Å². The molecule has 1 fully saturated rings. The van der Waals surface area contributed by atoms with Gasteiger partial charge in [-0.2, -0.15) is 0 Å². The van der Waals surface area contributed by atoms with Crippen LogP contribution in [0.25, 0.3) is 10.9 Å². The van der Waals surface area contributed by atoms with Crippen LogP contribution >= 0.6 is 37.2 Å². The van der Waals surface area contributed by atoms with E-state index in [1.54, 1.807) is 48.5 Å². The Morgan fingerprint density at radius 2 is 1.60 bits per heavy atom. The smallest absolute Gasteiger partial charge is 0.336 e. The van der Waals surface area contributed by atoms with Gasteiger partial charge in [0.2, 0.25) is 0 Å². The van der Waals surface area contributed by atoms with Crippen molar-refractivity contribution in [2.24, 2.45) is 0 Å². The average Bonchev–Trinajstić information content (AvgIpc) is 2.90. The third-order valence-electron chi connectivity index (χ3n) is 6.65. The molecule has 0 atom stereocenters. The highest BCUT2D eigenvalue weighted by Crippen LogP contribution is 2.27. The Kier molecular flexibility index (Phi) is 11.7. The maximum atomic E-state index is 14.0. The molecule has 40 heavy (non-hydrogen) atoms. The first-order valence-corrected chi connectivity index (χ1v) is 12.1. The Balaban J connectivity index is 0.00000187. The van der Waals surface area contributed by atoms with E-state index in [1.807, 2.05) is 25.1 Å². The van der Waals surface area contributed by atoms with Crippen LogP contribution in [-0.4, -0.2) is 53.0 Å². The van der Waals surface area contributed by atoms with Gasteiger partial charge < -0.3 is 15.3 Å². The van der Waals surface area contributed by atoms with Crippen molar-refractivity contribution in [2.45, 2.75) is 13.5 Å². The zero-order chi connectivity index (χ0) is 25.9. The predicted molar refractivity (Wildman–Crippen MR) is 163 cm³/mol. The van der Waals surface area contributed by atoms with Gasteiger partial charge in [0.25, 0.3) is 5.91 Å². The lowest BCUT2D eigenvalue weighted by molar-refractivity contribution is 0.0698. The number of carbonyl (C=O) groups is 2. The Morgan fingerprint density at radius 3 is 2.25 bits per heavy atom. The summed E-state index contributed by atoms with van der Waals surface area (Å²) in [6, 6.07) is 20.7. The molecule has 0 bridgehead atoms. The summed E-state index contributed by atoms with van der Waals surface area (Å²) < 4.78 is 14.0. The van der Waals surface area contributed by atoms with Crippen LogP contribution in [0.5, 0.6) is 0 Å². The number of hydrogen-bond acceptors (Lipinski definition) is 5. The fourth-order valence-electron chi connectivity index (χ4n) is 4.54. The molecular weight excluding hydrogens is 578 g/mol. The Bertz CT molecular complexity index is 1480. The minimum atomic E-state index is -1.06. The fraction of sp³-hybridized carbons (Fsp3) is 0.207. The number of benzene rings is 3. The van der Waals surface area contributed by atoms with E-state index in [2.05, 4.69) is 15.1 Å². The second-order valence-corrected chi connectivity index (χ2v) is 9.24. The second kappa shape index (κ2) is 14.3. The molecule has 1 aliphatic rings. The Morgan fingerprint density at radius 1 is 0.925 bits per heavy atom. The average molecular weight is 608 g/mol. The molecule has 3 aromatic carbocycles. The normalized spacial score (nSPS) is 13.0. The molecule has 2 N–H and O–H groups in total. The van der Waals surface area contributed by atoms with Crippen LogP contribution in [0.2, 0.25) is 0 Å². The van der Waals surface area contributed by atoms with Crippen molar-refractivity contribution in [1.82, 2.24) is 9.88 Å². The number of aromatic carboxylic acids is 1. The number of rotatable bonds is 6. The monoisotopic (exact) mass is 606 g/mol. The summed E-state index contributed by atoms with van der Waals surface area (Å²) in [4.78, 5) is 33.7. The highest BCUT2D eigenvalue weighted by molar-refractivity contribution is 6.08. The number of amides is 1. The largest absolute Gasteiger partial charge is 0.478 e. The minimum absolute atomic E-state index is 0. The van der Waals surface area contributed by atoms with E-state index in [4.69, 9.17) is 4.98 Å². The SMILES string of the molecule is Cc1ccc(C(=O)Nc2ccc3nc(N4CCN(Cc5ccccc5F)CC4)cc(C(=O)O)c3c2)cc1.Cl.Cl.Cl. The maximum absolute atomic E-state index is 14.0. The van der Waals surface area contributed by atoms with E-state index in [0.29, 0.717) is 66.3 Å². The summed E-state index contributed by atoms with van der Waals surface area (Å²) >= 11 is 0. The van der Waals surface area contributed by atoms with Crippen LogP contribution in [0.1, 0.15) is 31.8 Å². The third kappa shape index (κ3) is 7.40. The first kappa shape index (κ1) is 32.8. The number of aryl methyl sites for hydroxylation is 1. The van der Waals surface area contributed by atoms with Gasteiger partial charge in [-0.25, -0.2) is 14.2 Å². The van der Waals surface area contributed by atoms with Crippen molar-refractivity contribution in [3.8, 4) is 0 Å². The maximum Gasteiger partial charge on any atom is 0.336 e.